The zero-order chi connectivity index (χ0) is 23.6. The molecule has 0 bridgehead atoms. The molecule has 0 N–H and O–H groups in total. The first-order chi connectivity index (χ1) is 16.2. The molecule has 1 heterocycles. The van der Waals surface area contributed by atoms with Crippen molar-refractivity contribution in [3.8, 4) is 0 Å². The third-order valence-electron chi connectivity index (χ3n) is 8.01. The molecule has 1 saturated heterocycles. The van der Waals surface area contributed by atoms with Crippen molar-refractivity contribution in [1.29, 1.82) is 0 Å². The van der Waals surface area contributed by atoms with Crippen molar-refractivity contribution in [3.05, 3.63) is 0 Å². The van der Waals surface area contributed by atoms with Crippen molar-refractivity contribution in [2.24, 2.45) is 11.8 Å². The minimum absolute atomic E-state index is 0.0225. The molecule has 0 spiro atoms. The predicted molar refractivity (Wildman–Crippen MR) is 140 cm³/mol. The van der Waals surface area contributed by atoms with E-state index >= 15 is 0 Å². The van der Waals surface area contributed by atoms with E-state index in [0.29, 0.717) is 24.7 Å². The van der Waals surface area contributed by atoms with E-state index in [2.05, 4.69) is 13.8 Å². The van der Waals surface area contributed by atoms with Crippen LogP contribution in [-0.2, 0) is 14.3 Å². The van der Waals surface area contributed by atoms with Gasteiger partial charge in [0.2, 0.25) is 0 Å². The van der Waals surface area contributed by atoms with Crippen LogP contribution < -0.4 is 0 Å². The van der Waals surface area contributed by atoms with Crippen LogP contribution in [0.5, 0.6) is 0 Å². The van der Waals surface area contributed by atoms with E-state index in [4.69, 9.17) is 9.47 Å². The lowest BCUT2D eigenvalue weighted by atomic mass is 9.80. The van der Waals surface area contributed by atoms with Gasteiger partial charge >= 0.3 is 5.97 Å². The summed E-state index contributed by atoms with van der Waals surface area (Å²) >= 11 is 0. The number of hydrogen-bond acceptors (Lipinski definition) is 3. The van der Waals surface area contributed by atoms with E-state index in [0.717, 1.165) is 19.3 Å². The third kappa shape index (κ3) is 13.8. The summed E-state index contributed by atoms with van der Waals surface area (Å²) in [7, 11) is 0. The van der Waals surface area contributed by atoms with Gasteiger partial charge in [0.05, 0.1) is 24.7 Å². The fraction of sp³-hybridized carbons (Fsp3) is 0.967. The number of fused-ring (bicyclic) bond motifs is 1. The molecule has 1 aliphatic heterocycles. The Morgan fingerprint density at radius 2 is 1.03 bits per heavy atom. The molecule has 4 unspecified atom stereocenters. The summed E-state index contributed by atoms with van der Waals surface area (Å²) < 4.78 is 11.1. The van der Waals surface area contributed by atoms with E-state index in [1.54, 1.807) is 0 Å². The Kier molecular flexibility index (Phi) is 16.3. The molecule has 2 aliphatic rings. The highest BCUT2D eigenvalue weighted by molar-refractivity contribution is 5.73. The number of carbonyl (C=O) groups is 1. The molecule has 0 aromatic carbocycles. The first kappa shape index (κ1) is 28.7. The molecule has 0 radical (unpaired) electrons. The summed E-state index contributed by atoms with van der Waals surface area (Å²) in [6.45, 7) is 5.07. The van der Waals surface area contributed by atoms with Crippen LogP contribution in [0, 0.1) is 11.8 Å². The van der Waals surface area contributed by atoms with Gasteiger partial charge in [0.1, 0.15) is 0 Å². The topological polar surface area (TPSA) is 38.8 Å². The molecule has 0 amide bonds. The Labute approximate surface area is 206 Å². The highest BCUT2D eigenvalue weighted by atomic mass is 16.6. The Bertz CT molecular complexity index is 477. The number of carbonyl (C=O) groups excluding carboxylic acids is 1. The molecule has 3 heteroatoms. The average molecular weight is 465 g/mol. The Morgan fingerprint density at radius 3 is 1.48 bits per heavy atom. The van der Waals surface area contributed by atoms with Crippen LogP contribution in [0.3, 0.4) is 0 Å². The van der Waals surface area contributed by atoms with Crippen molar-refractivity contribution in [3.63, 3.8) is 0 Å². The molecule has 1 saturated carbocycles. The highest BCUT2D eigenvalue weighted by Gasteiger charge is 2.49. The second-order valence-corrected chi connectivity index (χ2v) is 11.2. The van der Waals surface area contributed by atoms with Crippen LogP contribution in [0.25, 0.3) is 0 Å². The summed E-state index contributed by atoms with van der Waals surface area (Å²) in [6, 6.07) is 0. The van der Waals surface area contributed by atoms with Gasteiger partial charge in [-0.3, -0.25) is 4.79 Å². The smallest absolute Gasteiger partial charge is 0.309 e. The van der Waals surface area contributed by atoms with Gasteiger partial charge in [-0.2, -0.15) is 0 Å². The SMILES string of the molecule is CCCCCCCCCCCCCCCCCCCCCCOC(=O)C1CC2OC2CC1C. The Balaban J connectivity index is 1.23. The minimum Gasteiger partial charge on any atom is -0.465 e. The zero-order valence-corrected chi connectivity index (χ0v) is 22.3. The standard InChI is InChI=1S/C30H56O3/c1-3-4-5-6-7-8-9-10-11-12-13-14-15-16-17-18-19-20-21-22-23-32-30(31)27-25-29-28(33-29)24-26(27)2/h26-29H,3-25H2,1-2H3. The Morgan fingerprint density at radius 1 is 0.636 bits per heavy atom. The zero-order valence-electron chi connectivity index (χ0n) is 22.3. The fourth-order valence-corrected chi connectivity index (χ4v) is 5.57. The molecule has 0 aromatic rings. The first-order valence-corrected chi connectivity index (χ1v) is 15.0. The van der Waals surface area contributed by atoms with Crippen LogP contribution in [0.1, 0.15) is 155 Å². The van der Waals surface area contributed by atoms with Crippen LogP contribution in [0.15, 0.2) is 0 Å². The second kappa shape index (κ2) is 18.7. The van der Waals surface area contributed by atoms with Gasteiger partial charge < -0.3 is 9.47 Å². The van der Waals surface area contributed by atoms with Gasteiger partial charge in [0.15, 0.2) is 0 Å². The van der Waals surface area contributed by atoms with Crippen molar-refractivity contribution in [2.45, 2.75) is 167 Å². The quantitative estimate of drug-likeness (QED) is 0.0910. The van der Waals surface area contributed by atoms with Crippen molar-refractivity contribution in [2.75, 3.05) is 6.61 Å². The first-order valence-electron chi connectivity index (χ1n) is 15.0. The molecule has 3 nitrogen and oxygen atoms in total. The largest absolute Gasteiger partial charge is 0.465 e. The van der Waals surface area contributed by atoms with Crippen LogP contribution in [0.4, 0.5) is 0 Å². The van der Waals surface area contributed by atoms with E-state index in [1.165, 1.54) is 122 Å². The number of epoxide rings is 1. The number of ether oxygens (including phenoxy) is 2. The molecular weight excluding hydrogens is 408 g/mol. The van der Waals surface area contributed by atoms with Crippen molar-refractivity contribution in [1.82, 2.24) is 0 Å². The highest BCUT2D eigenvalue weighted by Crippen LogP contribution is 2.43. The molecule has 2 rings (SSSR count). The molecular formula is C30H56O3. The lowest BCUT2D eigenvalue weighted by Gasteiger charge is -2.24. The van der Waals surface area contributed by atoms with Crippen molar-refractivity contribution >= 4 is 5.97 Å². The van der Waals surface area contributed by atoms with E-state index in [1.807, 2.05) is 0 Å². The van der Waals surface area contributed by atoms with Crippen LogP contribution in [0.2, 0.25) is 0 Å². The molecule has 1 aliphatic carbocycles. The average Bonchev–Trinajstić information content (AvgIpc) is 3.57. The molecule has 2 fully saturated rings. The van der Waals surface area contributed by atoms with Gasteiger partial charge in [-0.25, -0.2) is 0 Å². The van der Waals surface area contributed by atoms with Gasteiger partial charge in [-0.15, -0.1) is 0 Å². The summed E-state index contributed by atoms with van der Waals surface area (Å²) in [5.74, 6) is 0.504. The van der Waals surface area contributed by atoms with E-state index in [9.17, 15) is 4.79 Å². The van der Waals surface area contributed by atoms with Crippen LogP contribution >= 0.6 is 0 Å². The lowest BCUT2D eigenvalue weighted by Crippen LogP contribution is -2.30. The summed E-state index contributed by atoms with van der Waals surface area (Å²) in [5.41, 5.74) is 0. The minimum atomic E-state index is 0.0225. The number of unbranched alkanes of at least 4 members (excludes halogenated alkanes) is 19. The molecule has 4 atom stereocenters. The summed E-state index contributed by atoms with van der Waals surface area (Å²) in [5, 5.41) is 0. The van der Waals surface area contributed by atoms with Crippen LogP contribution in [-0.4, -0.2) is 24.8 Å². The maximum atomic E-state index is 12.3. The van der Waals surface area contributed by atoms with Gasteiger partial charge in [-0.1, -0.05) is 136 Å². The van der Waals surface area contributed by atoms with E-state index in [-0.39, 0.29) is 11.9 Å². The predicted octanol–water partition coefficient (Wildman–Crippen LogP) is 9.17. The molecule has 194 valence electrons. The van der Waals surface area contributed by atoms with Gasteiger partial charge in [0, 0.05) is 0 Å². The van der Waals surface area contributed by atoms with Gasteiger partial charge in [0.25, 0.3) is 0 Å². The monoisotopic (exact) mass is 464 g/mol. The maximum absolute atomic E-state index is 12.3. The van der Waals surface area contributed by atoms with Gasteiger partial charge in [-0.05, 0) is 25.2 Å². The fourth-order valence-electron chi connectivity index (χ4n) is 5.57. The normalized spacial score (nSPS) is 23.9. The number of esters is 1. The maximum Gasteiger partial charge on any atom is 0.309 e. The second-order valence-electron chi connectivity index (χ2n) is 11.2. The number of rotatable bonds is 22. The summed E-state index contributed by atoms with van der Waals surface area (Å²) in [6.07, 6.45) is 30.5. The Hall–Kier alpha value is -0.570. The molecule has 0 aromatic heterocycles. The number of hydrogen-bond donors (Lipinski definition) is 0. The van der Waals surface area contributed by atoms with E-state index < -0.39 is 0 Å². The third-order valence-corrected chi connectivity index (χ3v) is 8.01. The van der Waals surface area contributed by atoms with Crippen molar-refractivity contribution < 1.29 is 14.3 Å². The molecule has 33 heavy (non-hydrogen) atoms. The lowest BCUT2D eigenvalue weighted by molar-refractivity contribution is -0.151. The summed E-state index contributed by atoms with van der Waals surface area (Å²) in [4.78, 5) is 12.3.